The molecule has 0 heterocycles. The quantitative estimate of drug-likeness (QED) is 0.907. The standard InChI is InChI=1S/C18H18O3/c1-13-6-8-14(9-7-13)21-12-18(10-11-18)16-5-3-2-4-15(16)17(19)20/h2-9H,10-12H2,1H3,(H,19,20). The highest BCUT2D eigenvalue weighted by molar-refractivity contribution is 5.90. The van der Waals surface area contributed by atoms with Crippen LogP contribution in [0, 0.1) is 6.92 Å². The van der Waals surface area contributed by atoms with Gasteiger partial charge in [0.2, 0.25) is 0 Å². The minimum atomic E-state index is -0.868. The van der Waals surface area contributed by atoms with Gasteiger partial charge >= 0.3 is 5.97 Å². The number of rotatable bonds is 5. The van der Waals surface area contributed by atoms with Gasteiger partial charge in [-0.15, -0.1) is 0 Å². The molecule has 2 aromatic rings. The van der Waals surface area contributed by atoms with Crippen LogP contribution in [0.25, 0.3) is 0 Å². The molecule has 0 aromatic heterocycles. The van der Waals surface area contributed by atoms with Gasteiger partial charge in [0.25, 0.3) is 0 Å². The van der Waals surface area contributed by atoms with Gasteiger partial charge in [-0.2, -0.15) is 0 Å². The van der Waals surface area contributed by atoms with Crippen molar-refractivity contribution in [2.75, 3.05) is 6.61 Å². The molecular weight excluding hydrogens is 264 g/mol. The molecule has 1 fully saturated rings. The number of carbonyl (C=O) groups is 1. The Morgan fingerprint density at radius 3 is 2.43 bits per heavy atom. The SMILES string of the molecule is Cc1ccc(OCC2(c3ccccc3C(=O)O)CC2)cc1. The Bertz CT molecular complexity index is 654. The van der Waals surface area contributed by atoms with E-state index >= 15 is 0 Å². The molecule has 0 bridgehead atoms. The fraction of sp³-hybridized carbons (Fsp3) is 0.278. The molecule has 1 N–H and O–H groups in total. The Balaban J connectivity index is 1.79. The van der Waals surface area contributed by atoms with Crippen molar-refractivity contribution in [3.8, 4) is 5.75 Å². The molecule has 1 saturated carbocycles. The smallest absolute Gasteiger partial charge is 0.335 e. The highest BCUT2D eigenvalue weighted by Crippen LogP contribution is 2.49. The zero-order valence-corrected chi connectivity index (χ0v) is 12.0. The average Bonchev–Trinajstić information content (AvgIpc) is 3.28. The van der Waals surface area contributed by atoms with Gasteiger partial charge in [-0.1, -0.05) is 35.9 Å². The number of ether oxygens (including phenoxy) is 1. The summed E-state index contributed by atoms with van der Waals surface area (Å²) in [5, 5.41) is 9.33. The number of carboxylic acids is 1. The first-order valence-electron chi connectivity index (χ1n) is 7.13. The summed E-state index contributed by atoms with van der Waals surface area (Å²) in [4.78, 5) is 11.4. The molecule has 0 spiro atoms. The predicted octanol–water partition coefficient (Wildman–Crippen LogP) is 3.80. The van der Waals surface area contributed by atoms with Crippen LogP contribution in [-0.2, 0) is 5.41 Å². The molecule has 0 unspecified atom stereocenters. The number of aromatic carboxylic acids is 1. The van der Waals surface area contributed by atoms with E-state index in [1.165, 1.54) is 5.56 Å². The van der Waals surface area contributed by atoms with E-state index in [4.69, 9.17) is 4.74 Å². The van der Waals surface area contributed by atoms with Gasteiger partial charge in [-0.25, -0.2) is 4.79 Å². The average molecular weight is 282 g/mol. The number of aryl methyl sites for hydroxylation is 1. The molecule has 0 aliphatic heterocycles. The van der Waals surface area contributed by atoms with E-state index in [2.05, 4.69) is 0 Å². The summed E-state index contributed by atoms with van der Waals surface area (Å²) < 4.78 is 5.88. The lowest BCUT2D eigenvalue weighted by atomic mass is 9.92. The van der Waals surface area contributed by atoms with Gasteiger partial charge in [0.1, 0.15) is 5.75 Å². The maximum absolute atomic E-state index is 11.4. The lowest BCUT2D eigenvalue weighted by molar-refractivity contribution is 0.0694. The van der Waals surface area contributed by atoms with Crippen molar-refractivity contribution in [3.05, 3.63) is 65.2 Å². The molecular formula is C18H18O3. The summed E-state index contributed by atoms with van der Waals surface area (Å²) in [5.74, 6) is -0.0353. The minimum absolute atomic E-state index is 0.139. The summed E-state index contributed by atoms with van der Waals surface area (Å²) in [6.07, 6.45) is 1.95. The zero-order chi connectivity index (χ0) is 14.9. The highest BCUT2D eigenvalue weighted by Gasteiger charge is 2.47. The topological polar surface area (TPSA) is 46.5 Å². The van der Waals surface area contributed by atoms with E-state index in [1.54, 1.807) is 12.1 Å². The van der Waals surface area contributed by atoms with Gasteiger partial charge in [-0.3, -0.25) is 0 Å². The second-order valence-electron chi connectivity index (χ2n) is 5.73. The van der Waals surface area contributed by atoms with Gasteiger partial charge in [-0.05, 0) is 43.5 Å². The van der Waals surface area contributed by atoms with Crippen LogP contribution in [-0.4, -0.2) is 17.7 Å². The molecule has 0 amide bonds. The summed E-state index contributed by atoms with van der Waals surface area (Å²) in [6, 6.07) is 15.2. The van der Waals surface area contributed by atoms with Crippen molar-refractivity contribution < 1.29 is 14.6 Å². The van der Waals surface area contributed by atoms with Gasteiger partial charge in [0.05, 0.1) is 12.2 Å². The van der Waals surface area contributed by atoms with E-state index in [0.717, 1.165) is 24.2 Å². The van der Waals surface area contributed by atoms with Crippen LogP contribution in [0.4, 0.5) is 0 Å². The largest absolute Gasteiger partial charge is 0.493 e. The van der Waals surface area contributed by atoms with E-state index in [9.17, 15) is 9.90 Å². The Hall–Kier alpha value is -2.29. The van der Waals surface area contributed by atoms with E-state index in [0.29, 0.717) is 12.2 Å². The molecule has 0 atom stereocenters. The van der Waals surface area contributed by atoms with E-state index < -0.39 is 5.97 Å². The van der Waals surface area contributed by atoms with Crippen molar-refractivity contribution in [1.29, 1.82) is 0 Å². The van der Waals surface area contributed by atoms with Crippen molar-refractivity contribution in [2.24, 2.45) is 0 Å². The third-order valence-electron chi connectivity index (χ3n) is 4.12. The Morgan fingerprint density at radius 2 is 1.81 bits per heavy atom. The van der Waals surface area contributed by atoms with Gasteiger partial charge in [0.15, 0.2) is 0 Å². The molecule has 0 radical (unpaired) electrons. The summed E-state index contributed by atoms with van der Waals surface area (Å²) in [5.41, 5.74) is 2.34. The van der Waals surface area contributed by atoms with E-state index in [-0.39, 0.29) is 5.41 Å². The summed E-state index contributed by atoms with van der Waals surface area (Å²) in [7, 11) is 0. The number of carboxylic acid groups (broad SMARTS) is 1. The van der Waals surface area contributed by atoms with Gasteiger partial charge < -0.3 is 9.84 Å². The third kappa shape index (κ3) is 2.77. The molecule has 1 aliphatic rings. The second-order valence-corrected chi connectivity index (χ2v) is 5.73. The molecule has 3 rings (SSSR count). The maximum Gasteiger partial charge on any atom is 0.335 e. The van der Waals surface area contributed by atoms with Crippen LogP contribution >= 0.6 is 0 Å². The molecule has 3 nitrogen and oxygen atoms in total. The Morgan fingerprint density at radius 1 is 1.14 bits per heavy atom. The minimum Gasteiger partial charge on any atom is -0.493 e. The van der Waals surface area contributed by atoms with Crippen LogP contribution < -0.4 is 4.74 Å². The molecule has 3 heteroatoms. The fourth-order valence-corrected chi connectivity index (χ4v) is 2.63. The monoisotopic (exact) mass is 282 g/mol. The summed E-state index contributed by atoms with van der Waals surface area (Å²) >= 11 is 0. The number of hydrogen-bond donors (Lipinski definition) is 1. The number of benzene rings is 2. The first-order valence-corrected chi connectivity index (χ1v) is 7.13. The van der Waals surface area contributed by atoms with Crippen LogP contribution in [0.2, 0.25) is 0 Å². The lowest BCUT2D eigenvalue weighted by Crippen LogP contribution is -2.20. The van der Waals surface area contributed by atoms with Crippen molar-refractivity contribution in [2.45, 2.75) is 25.2 Å². The Kier molecular flexibility index (Phi) is 3.42. The third-order valence-corrected chi connectivity index (χ3v) is 4.12. The van der Waals surface area contributed by atoms with Crippen molar-refractivity contribution in [1.82, 2.24) is 0 Å². The normalized spacial score (nSPS) is 15.5. The van der Waals surface area contributed by atoms with Crippen molar-refractivity contribution >= 4 is 5.97 Å². The molecule has 0 saturated heterocycles. The van der Waals surface area contributed by atoms with Crippen LogP contribution in [0.15, 0.2) is 48.5 Å². The first-order chi connectivity index (χ1) is 10.1. The van der Waals surface area contributed by atoms with Crippen molar-refractivity contribution in [3.63, 3.8) is 0 Å². The zero-order valence-electron chi connectivity index (χ0n) is 12.0. The molecule has 108 valence electrons. The van der Waals surface area contributed by atoms with Crippen LogP contribution in [0.5, 0.6) is 5.75 Å². The molecule has 21 heavy (non-hydrogen) atoms. The van der Waals surface area contributed by atoms with Gasteiger partial charge in [0, 0.05) is 5.41 Å². The summed E-state index contributed by atoms with van der Waals surface area (Å²) in [6.45, 7) is 2.57. The lowest BCUT2D eigenvalue weighted by Gasteiger charge is -2.19. The maximum atomic E-state index is 11.4. The Labute approximate surface area is 124 Å². The number of hydrogen-bond acceptors (Lipinski definition) is 2. The fourth-order valence-electron chi connectivity index (χ4n) is 2.63. The first kappa shape index (κ1) is 13.7. The van der Waals surface area contributed by atoms with E-state index in [1.807, 2.05) is 43.3 Å². The predicted molar refractivity (Wildman–Crippen MR) is 81.0 cm³/mol. The molecule has 1 aliphatic carbocycles. The molecule has 2 aromatic carbocycles. The highest BCUT2D eigenvalue weighted by atomic mass is 16.5. The van der Waals surface area contributed by atoms with Crippen LogP contribution in [0.3, 0.4) is 0 Å². The van der Waals surface area contributed by atoms with Crippen LogP contribution in [0.1, 0.15) is 34.3 Å². The second kappa shape index (κ2) is 5.24.